The first-order chi connectivity index (χ1) is 16.0. The fraction of sp³-hybridized carbons (Fsp3) is 0.0714. The summed E-state index contributed by atoms with van der Waals surface area (Å²) >= 11 is 6.38. The van der Waals surface area contributed by atoms with Crippen LogP contribution < -0.4 is 5.32 Å². The van der Waals surface area contributed by atoms with E-state index in [1.807, 2.05) is 68.4 Å². The van der Waals surface area contributed by atoms with Crippen LogP contribution in [-0.2, 0) is 0 Å². The molecule has 0 aliphatic rings. The van der Waals surface area contributed by atoms with Gasteiger partial charge in [0.25, 0.3) is 5.91 Å². The molecule has 1 N–H and O–H groups in total. The Kier molecular flexibility index (Phi) is 5.45. The summed E-state index contributed by atoms with van der Waals surface area (Å²) in [6, 6.07) is 26.9. The van der Waals surface area contributed by atoms with Crippen LogP contribution in [0.25, 0.3) is 33.7 Å². The average molecular weight is 453 g/mol. The molecule has 0 aliphatic carbocycles. The Bertz CT molecular complexity index is 1470. The van der Waals surface area contributed by atoms with E-state index in [1.165, 1.54) is 0 Å². The minimum absolute atomic E-state index is 0.238. The quantitative estimate of drug-likeness (QED) is 0.304. The fourth-order valence-electron chi connectivity index (χ4n) is 3.89. The second kappa shape index (κ2) is 8.57. The molecule has 5 aromatic rings. The largest absolute Gasteiger partial charge is 0.436 e. The van der Waals surface area contributed by atoms with Crippen molar-refractivity contribution in [1.29, 1.82) is 0 Å². The molecule has 0 unspecified atom stereocenters. The molecule has 5 heteroatoms. The van der Waals surface area contributed by atoms with Gasteiger partial charge in [-0.05, 0) is 72.5 Å². The van der Waals surface area contributed by atoms with Gasteiger partial charge in [0, 0.05) is 11.1 Å². The Morgan fingerprint density at radius 3 is 2.30 bits per heavy atom. The highest BCUT2D eigenvalue weighted by Gasteiger charge is 2.14. The first-order valence-corrected chi connectivity index (χ1v) is 11.0. The smallest absolute Gasteiger partial charge is 0.255 e. The van der Waals surface area contributed by atoms with E-state index in [1.54, 1.807) is 24.3 Å². The van der Waals surface area contributed by atoms with E-state index in [9.17, 15) is 4.79 Å². The van der Waals surface area contributed by atoms with Gasteiger partial charge in [0.2, 0.25) is 5.89 Å². The molecule has 162 valence electrons. The van der Waals surface area contributed by atoms with Crippen molar-refractivity contribution in [1.82, 2.24) is 4.98 Å². The number of oxazole rings is 1. The summed E-state index contributed by atoms with van der Waals surface area (Å²) in [5.74, 6) is 0.246. The Hall–Kier alpha value is -3.89. The molecule has 1 heterocycles. The second-order valence-electron chi connectivity index (χ2n) is 8.04. The van der Waals surface area contributed by atoms with Crippen molar-refractivity contribution in [2.45, 2.75) is 13.8 Å². The molecule has 0 spiro atoms. The van der Waals surface area contributed by atoms with Crippen molar-refractivity contribution in [3.63, 3.8) is 0 Å². The first kappa shape index (κ1) is 21.0. The van der Waals surface area contributed by atoms with E-state index < -0.39 is 0 Å². The van der Waals surface area contributed by atoms with Gasteiger partial charge in [-0.25, -0.2) is 4.98 Å². The zero-order valence-corrected chi connectivity index (χ0v) is 19.0. The minimum Gasteiger partial charge on any atom is -0.436 e. The molecule has 5 rings (SSSR count). The van der Waals surface area contributed by atoms with E-state index in [0.29, 0.717) is 22.2 Å². The molecule has 4 nitrogen and oxygen atoms in total. The number of halogens is 1. The third-order valence-electron chi connectivity index (χ3n) is 5.54. The average Bonchev–Trinajstić information content (AvgIpc) is 3.25. The number of hydrogen-bond donors (Lipinski definition) is 1. The summed E-state index contributed by atoms with van der Waals surface area (Å²) in [7, 11) is 0. The van der Waals surface area contributed by atoms with Gasteiger partial charge in [0.15, 0.2) is 5.58 Å². The highest BCUT2D eigenvalue weighted by atomic mass is 35.5. The number of nitrogens with one attached hydrogen (secondary N) is 1. The van der Waals surface area contributed by atoms with Gasteiger partial charge in [0.05, 0.1) is 10.7 Å². The van der Waals surface area contributed by atoms with Crippen molar-refractivity contribution in [2.24, 2.45) is 0 Å². The molecule has 0 fully saturated rings. The number of rotatable bonds is 4. The monoisotopic (exact) mass is 452 g/mol. The number of carbonyl (C=O) groups excluding carboxylic acids is 1. The summed E-state index contributed by atoms with van der Waals surface area (Å²) in [6.07, 6.45) is 0. The summed E-state index contributed by atoms with van der Waals surface area (Å²) in [6.45, 7) is 4.03. The Morgan fingerprint density at radius 1 is 0.848 bits per heavy atom. The highest BCUT2D eigenvalue weighted by molar-refractivity contribution is 6.34. The SMILES string of the molecule is Cc1cc(C)c2oc(-c3ccc(Cl)c(NC(=O)c4ccc(-c5ccccc5)cc4)c3)nc2c1. The maximum absolute atomic E-state index is 12.9. The normalized spacial score (nSPS) is 11.0. The van der Waals surface area contributed by atoms with Gasteiger partial charge in [0.1, 0.15) is 5.52 Å². The lowest BCUT2D eigenvalue weighted by Gasteiger charge is -2.09. The molecule has 1 aromatic heterocycles. The maximum atomic E-state index is 12.9. The van der Waals surface area contributed by atoms with E-state index in [0.717, 1.165) is 38.9 Å². The molecular formula is C28H21ClN2O2. The number of hydrogen-bond acceptors (Lipinski definition) is 3. The molecule has 0 radical (unpaired) electrons. The minimum atomic E-state index is -0.238. The van der Waals surface area contributed by atoms with Crippen molar-refractivity contribution in [3.05, 3.63) is 107 Å². The van der Waals surface area contributed by atoms with Gasteiger partial charge < -0.3 is 9.73 Å². The number of aromatic nitrogens is 1. The first-order valence-electron chi connectivity index (χ1n) is 10.6. The molecule has 4 aromatic carbocycles. The van der Waals surface area contributed by atoms with Crippen molar-refractivity contribution in [3.8, 4) is 22.6 Å². The van der Waals surface area contributed by atoms with Crippen LogP contribution in [0.5, 0.6) is 0 Å². The fourth-order valence-corrected chi connectivity index (χ4v) is 4.06. The zero-order chi connectivity index (χ0) is 22.9. The van der Waals surface area contributed by atoms with E-state index >= 15 is 0 Å². The van der Waals surface area contributed by atoms with Crippen LogP contribution in [0.2, 0.25) is 5.02 Å². The van der Waals surface area contributed by atoms with Gasteiger partial charge in [-0.3, -0.25) is 4.79 Å². The van der Waals surface area contributed by atoms with E-state index in [-0.39, 0.29) is 5.91 Å². The highest BCUT2D eigenvalue weighted by Crippen LogP contribution is 2.32. The van der Waals surface area contributed by atoms with Crippen LogP contribution in [0.3, 0.4) is 0 Å². The molecule has 1 amide bonds. The molecule has 0 aliphatic heterocycles. The Balaban J connectivity index is 1.41. The molecule has 0 saturated heterocycles. The van der Waals surface area contributed by atoms with Crippen LogP contribution in [0.4, 0.5) is 5.69 Å². The Labute approximate surface area is 196 Å². The number of fused-ring (bicyclic) bond motifs is 1. The third-order valence-corrected chi connectivity index (χ3v) is 5.87. The molecule has 33 heavy (non-hydrogen) atoms. The molecular weight excluding hydrogens is 432 g/mol. The van der Waals surface area contributed by atoms with E-state index in [2.05, 4.69) is 16.4 Å². The van der Waals surface area contributed by atoms with Gasteiger partial charge in [-0.2, -0.15) is 0 Å². The van der Waals surface area contributed by atoms with Gasteiger partial charge >= 0.3 is 0 Å². The third kappa shape index (κ3) is 4.26. The zero-order valence-electron chi connectivity index (χ0n) is 18.2. The summed E-state index contributed by atoms with van der Waals surface area (Å²) in [4.78, 5) is 17.5. The van der Waals surface area contributed by atoms with Crippen LogP contribution >= 0.6 is 11.6 Å². The summed E-state index contributed by atoms with van der Waals surface area (Å²) < 4.78 is 6.01. The number of nitrogens with zero attached hydrogens (tertiary/aromatic N) is 1. The van der Waals surface area contributed by atoms with Crippen molar-refractivity contribution >= 4 is 34.3 Å². The number of aryl methyl sites for hydroxylation is 2. The summed E-state index contributed by atoms with van der Waals surface area (Å²) in [5, 5.41) is 3.35. The lowest BCUT2D eigenvalue weighted by Crippen LogP contribution is -2.12. The van der Waals surface area contributed by atoms with Gasteiger partial charge in [-0.15, -0.1) is 0 Å². The van der Waals surface area contributed by atoms with Crippen LogP contribution in [-0.4, -0.2) is 10.9 Å². The van der Waals surface area contributed by atoms with Crippen LogP contribution in [0.1, 0.15) is 21.5 Å². The van der Waals surface area contributed by atoms with Crippen LogP contribution in [0.15, 0.2) is 89.3 Å². The number of benzene rings is 4. The number of anilines is 1. The lowest BCUT2D eigenvalue weighted by molar-refractivity contribution is 0.102. The summed E-state index contributed by atoms with van der Waals surface area (Å²) in [5.41, 5.74) is 7.66. The predicted octanol–water partition coefficient (Wildman–Crippen LogP) is 7.68. The lowest BCUT2D eigenvalue weighted by atomic mass is 10.0. The predicted molar refractivity (Wildman–Crippen MR) is 134 cm³/mol. The number of carbonyl (C=O) groups is 1. The maximum Gasteiger partial charge on any atom is 0.255 e. The molecule has 0 atom stereocenters. The molecule has 0 saturated carbocycles. The second-order valence-corrected chi connectivity index (χ2v) is 8.45. The standard InChI is InChI=1S/C28H21ClN2O2/c1-17-14-18(2)26-25(15-17)31-28(33-26)22-12-13-23(29)24(16-22)30-27(32)21-10-8-20(9-11-21)19-6-4-3-5-7-19/h3-16H,1-2H3,(H,30,32). The van der Waals surface area contributed by atoms with Gasteiger partial charge in [-0.1, -0.05) is 60.1 Å². The molecule has 0 bridgehead atoms. The van der Waals surface area contributed by atoms with E-state index in [4.69, 9.17) is 16.0 Å². The number of amides is 1. The Morgan fingerprint density at radius 2 is 1.55 bits per heavy atom. The van der Waals surface area contributed by atoms with Crippen LogP contribution in [0, 0.1) is 13.8 Å². The van der Waals surface area contributed by atoms with Crippen molar-refractivity contribution in [2.75, 3.05) is 5.32 Å². The van der Waals surface area contributed by atoms with Crippen molar-refractivity contribution < 1.29 is 9.21 Å². The topological polar surface area (TPSA) is 55.1 Å².